The van der Waals surface area contributed by atoms with Crippen molar-refractivity contribution in [2.45, 2.75) is 32.9 Å². The molecular formula is C14H22N2O3S. The van der Waals surface area contributed by atoms with E-state index >= 15 is 0 Å². The van der Waals surface area contributed by atoms with Gasteiger partial charge in [-0.05, 0) is 37.5 Å². The zero-order valence-corrected chi connectivity index (χ0v) is 13.1. The lowest BCUT2D eigenvalue weighted by Gasteiger charge is -2.16. The van der Waals surface area contributed by atoms with Crippen molar-refractivity contribution in [3.8, 4) is 0 Å². The topological polar surface area (TPSA) is 89.3 Å². The first kappa shape index (κ1) is 16.5. The van der Waals surface area contributed by atoms with Crippen LogP contribution in [0.5, 0.6) is 0 Å². The van der Waals surface area contributed by atoms with E-state index in [1.807, 2.05) is 20.8 Å². The van der Waals surface area contributed by atoms with Gasteiger partial charge < -0.3 is 11.1 Å². The number of amides is 1. The highest BCUT2D eigenvalue weighted by molar-refractivity contribution is 7.92. The smallest absolute Gasteiger partial charge is 0.239 e. The van der Waals surface area contributed by atoms with E-state index in [0.717, 1.165) is 5.56 Å². The summed E-state index contributed by atoms with van der Waals surface area (Å²) in [7, 11) is -3.44. The number of sulfone groups is 1. The average Bonchev–Trinajstić information content (AvgIpc) is 2.32. The number of hydrogen-bond donors (Lipinski definition) is 2. The Kier molecular flexibility index (Phi) is 5.16. The van der Waals surface area contributed by atoms with E-state index in [-0.39, 0.29) is 5.92 Å². The van der Waals surface area contributed by atoms with Gasteiger partial charge in [-0.25, -0.2) is 8.42 Å². The molecule has 1 atom stereocenters. The van der Waals surface area contributed by atoms with Crippen LogP contribution in [0.25, 0.3) is 0 Å². The molecular weight excluding hydrogens is 276 g/mol. The molecule has 0 spiro atoms. The van der Waals surface area contributed by atoms with E-state index < -0.39 is 26.7 Å². The molecule has 1 aromatic rings. The summed E-state index contributed by atoms with van der Waals surface area (Å²) in [6, 6.07) is 5.09. The Morgan fingerprint density at radius 3 is 2.40 bits per heavy atom. The number of anilines is 2. The number of nitrogens with two attached hydrogens (primary N) is 1. The monoisotopic (exact) mass is 298 g/mol. The summed E-state index contributed by atoms with van der Waals surface area (Å²) in [4.78, 5) is 11.8. The molecule has 0 saturated heterocycles. The van der Waals surface area contributed by atoms with Crippen LogP contribution in [0, 0.1) is 12.8 Å². The third-order valence-electron chi connectivity index (χ3n) is 3.40. The predicted molar refractivity (Wildman–Crippen MR) is 82.3 cm³/mol. The average molecular weight is 298 g/mol. The number of nitrogens with one attached hydrogen (secondary N) is 1. The van der Waals surface area contributed by atoms with Crippen molar-refractivity contribution >= 4 is 27.1 Å². The molecule has 1 amide bonds. The van der Waals surface area contributed by atoms with Crippen molar-refractivity contribution in [2.75, 3.05) is 16.8 Å². The van der Waals surface area contributed by atoms with Crippen molar-refractivity contribution in [3.63, 3.8) is 0 Å². The van der Waals surface area contributed by atoms with Crippen LogP contribution >= 0.6 is 0 Å². The molecule has 0 aliphatic heterocycles. The SMILES string of the molecule is Cc1ccc(NC(=O)CS(=O)(=O)C(C)C(C)C)cc1N. The van der Waals surface area contributed by atoms with Gasteiger partial charge in [-0.15, -0.1) is 0 Å². The molecule has 0 aromatic heterocycles. The van der Waals surface area contributed by atoms with Crippen LogP contribution in [0.4, 0.5) is 11.4 Å². The fourth-order valence-corrected chi connectivity index (χ4v) is 3.17. The summed E-state index contributed by atoms with van der Waals surface area (Å²) in [5, 5.41) is 2.02. The van der Waals surface area contributed by atoms with E-state index in [9.17, 15) is 13.2 Å². The molecule has 0 heterocycles. The zero-order chi connectivity index (χ0) is 15.5. The Hall–Kier alpha value is -1.56. The van der Waals surface area contributed by atoms with Gasteiger partial charge in [0, 0.05) is 11.4 Å². The molecule has 0 radical (unpaired) electrons. The third-order valence-corrected chi connectivity index (χ3v) is 5.74. The van der Waals surface area contributed by atoms with Gasteiger partial charge in [0.2, 0.25) is 5.91 Å². The second kappa shape index (κ2) is 6.26. The Labute approximate surface area is 120 Å². The van der Waals surface area contributed by atoms with Crippen LogP contribution in [0.2, 0.25) is 0 Å². The maximum Gasteiger partial charge on any atom is 0.239 e. The quantitative estimate of drug-likeness (QED) is 0.813. The minimum absolute atomic E-state index is 0.0252. The molecule has 3 N–H and O–H groups in total. The Bertz CT molecular complexity index is 594. The molecule has 0 aliphatic rings. The highest BCUT2D eigenvalue weighted by atomic mass is 32.2. The molecule has 20 heavy (non-hydrogen) atoms. The van der Waals surface area contributed by atoms with E-state index in [4.69, 9.17) is 5.73 Å². The number of aryl methyl sites for hydroxylation is 1. The predicted octanol–water partition coefficient (Wildman–Crippen LogP) is 1.98. The highest BCUT2D eigenvalue weighted by Gasteiger charge is 2.26. The van der Waals surface area contributed by atoms with Crippen LogP contribution in [-0.4, -0.2) is 25.3 Å². The largest absolute Gasteiger partial charge is 0.398 e. The van der Waals surface area contributed by atoms with Gasteiger partial charge in [-0.1, -0.05) is 19.9 Å². The summed E-state index contributed by atoms with van der Waals surface area (Å²) in [5.41, 5.74) is 7.71. The summed E-state index contributed by atoms with van der Waals surface area (Å²) < 4.78 is 24.0. The minimum Gasteiger partial charge on any atom is -0.398 e. The molecule has 0 saturated carbocycles. The number of rotatable bonds is 5. The molecule has 1 aromatic carbocycles. The van der Waals surface area contributed by atoms with E-state index in [2.05, 4.69) is 5.32 Å². The Balaban J connectivity index is 2.75. The standard InChI is InChI=1S/C14H22N2O3S/c1-9(2)11(4)20(18,19)8-14(17)16-12-6-5-10(3)13(15)7-12/h5-7,9,11H,8,15H2,1-4H3,(H,16,17). The van der Waals surface area contributed by atoms with Gasteiger partial charge in [-0.3, -0.25) is 4.79 Å². The first-order valence-electron chi connectivity index (χ1n) is 6.51. The number of hydrogen-bond acceptors (Lipinski definition) is 4. The summed E-state index contributed by atoms with van der Waals surface area (Å²) in [6.45, 7) is 7.12. The normalized spacial score (nSPS) is 13.2. The zero-order valence-electron chi connectivity index (χ0n) is 12.3. The molecule has 6 heteroatoms. The lowest BCUT2D eigenvalue weighted by atomic mass is 10.2. The second-order valence-corrected chi connectivity index (χ2v) is 7.73. The lowest BCUT2D eigenvalue weighted by molar-refractivity contribution is -0.113. The number of benzene rings is 1. The van der Waals surface area contributed by atoms with Crippen molar-refractivity contribution in [3.05, 3.63) is 23.8 Å². The molecule has 0 bridgehead atoms. The highest BCUT2D eigenvalue weighted by Crippen LogP contribution is 2.17. The van der Waals surface area contributed by atoms with Crippen LogP contribution in [0.1, 0.15) is 26.3 Å². The first-order chi connectivity index (χ1) is 9.13. The van der Waals surface area contributed by atoms with Gasteiger partial charge >= 0.3 is 0 Å². The lowest BCUT2D eigenvalue weighted by Crippen LogP contribution is -2.32. The van der Waals surface area contributed by atoms with Gasteiger partial charge in [-0.2, -0.15) is 0 Å². The summed E-state index contributed by atoms with van der Waals surface area (Å²) in [6.07, 6.45) is 0. The number of carbonyl (C=O) groups is 1. The fraction of sp³-hybridized carbons (Fsp3) is 0.500. The number of nitrogen functional groups attached to an aromatic ring is 1. The maximum absolute atomic E-state index is 12.0. The first-order valence-corrected chi connectivity index (χ1v) is 8.22. The maximum atomic E-state index is 12.0. The van der Waals surface area contributed by atoms with Crippen molar-refractivity contribution in [2.24, 2.45) is 5.92 Å². The van der Waals surface area contributed by atoms with Gasteiger partial charge in [0.05, 0.1) is 5.25 Å². The van der Waals surface area contributed by atoms with Crippen molar-refractivity contribution < 1.29 is 13.2 Å². The van der Waals surface area contributed by atoms with Crippen LogP contribution in [-0.2, 0) is 14.6 Å². The fourth-order valence-electron chi connectivity index (χ4n) is 1.64. The Morgan fingerprint density at radius 1 is 1.30 bits per heavy atom. The molecule has 1 rings (SSSR count). The molecule has 112 valence electrons. The van der Waals surface area contributed by atoms with Gasteiger partial charge in [0.15, 0.2) is 9.84 Å². The second-order valence-electron chi connectivity index (χ2n) is 5.38. The third kappa shape index (κ3) is 4.23. The Morgan fingerprint density at radius 2 is 1.90 bits per heavy atom. The van der Waals surface area contributed by atoms with Crippen LogP contribution in [0.3, 0.4) is 0 Å². The number of carbonyl (C=O) groups excluding carboxylic acids is 1. The molecule has 1 unspecified atom stereocenters. The summed E-state index contributed by atoms with van der Waals surface area (Å²) in [5.74, 6) is -1.08. The van der Waals surface area contributed by atoms with Crippen molar-refractivity contribution in [1.82, 2.24) is 0 Å². The minimum atomic E-state index is -3.44. The van der Waals surface area contributed by atoms with Gasteiger partial charge in [0.25, 0.3) is 0 Å². The molecule has 5 nitrogen and oxygen atoms in total. The van der Waals surface area contributed by atoms with Crippen LogP contribution in [0.15, 0.2) is 18.2 Å². The van der Waals surface area contributed by atoms with E-state index in [1.165, 1.54) is 0 Å². The van der Waals surface area contributed by atoms with Crippen molar-refractivity contribution in [1.29, 1.82) is 0 Å². The molecule has 0 aliphatic carbocycles. The molecule has 0 fully saturated rings. The van der Waals surface area contributed by atoms with E-state index in [1.54, 1.807) is 25.1 Å². The van der Waals surface area contributed by atoms with E-state index in [0.29, 0.717) is 11.4 Å². The van der Waals surface area contributed by atoms with Crippen LogP contribution < -0.4 is 11.1 Å². The van der Waals surface area contributed by atoms with Gasteiger partial charge in [0.1, 0.15) is 5.75 Å². The summed E-state index contributed by atoms with van der Waals surface area (Å²) >= 11 is 0.